The van der Waals surface area contributed by atoms with Gasteiger partial charge in [0.15, 0.2) is 11.0 Å². The second kappa shape index (κ2) is 13.6. The molecule has 0 bridgehead atoms. The van der Waals surface area contributed by atoms with Gasteiger partial charge in [0.25, 0.3) is 0 Å². The lowest BCUT2D eigenvalue weighted by Crippen LogP contribution is -2.36. The van der Waals surface area contributed by atoms with Gasteiger partial charge in [-0.25, -0.2) is 14.5 Å². The highest BCUT2D eigenvalue weighted by Gasteiger charge is 2.31. The standard InChI is InChI=1S/C35H35F3N6O2S/c1-22(2)28-17-8-23(3)20-31(28)43-18-5-19-47-34(43)41-33(45)40-30-7-4-6-29(30)24-9-11-25(12-10-24)32-39-21-44(42-32)26-13-15-27(16-14-26)46-35(36,37)38/h8-17,20-22H,4-7,18-19H2,1-3H3,(H,40,45). The minimum absolute atomic E-state index is 0.307. The van der Waals surface area contributed by atoms with E-state index in [2.05, 4.69) is 69.0 Å². The third-order valence-corrected chi connectivity index (χ3v) is 9.14. The zero-order valence-corrected chi connectivity index (χ0v) is 27.2. The molecule has 47 heavy (non-hydrogen) atoms. The number of halogens is 3. The van der Waals surface area contributed by atoms with Crippen LogP contribution in [-0.4, -0.2) is 44.6 Å². The fraction of sp³-hybridized carbons (Fsp3) is 0.314. The van der Waals surface area contributed by atoms with Gasteiger partial charge in [-0.2, -0.15) is 4.99 Å². The summed E-state index contributed by atoms with van der Waals surface area (Å²) in [5, 5.41) is 8.31. The first-order chi connectivity index (χ1) is 22.5. The van der Waals surface area contributed by atoms with Crippen LogP contribution in [0, 0.1) is 6.92 Å². The SMILES string of the molecule is Cc1ccc(C(C)C)c(N2CCCSC2=NC(=O)NC2=C(c3ccc(-c4ncn(-c5ccc(OC(F)(F)F)cc5)n4)cc3)CCC2)c1. The molecule has 12 heteroatoms. The zero-order valence-electron chi connectivity index (χ0n) is 26.3. The number of aromatic nitrogens is 3. The molecular weight excluding hydrogens is 625 g/mol. The largest absolute Gasteiger partial charge is 0.573 e. The first-order valence-corrected chi connectivity index (χ1v) is 16.5. The van der Waals surface area contributed by atoms with Gasteiger partial charge >= 0.3 is 12.4 Å². The number of urea groups is 1. The summed E-state index contributed by atoms with van der Waals surface area (Å²) in [5.74, 6) is 1.43. The Balaban J connectivity index is 1.16. The van der Waals surface area contributed by atoms with E-state index in [0.29, 0.717) is 17.4 Å². The normalized spacial score (nSPS) is 16.3. The number of amidine groups is 1. The van der Waals surface area contributed by atoms with Crippen molar-refractivity contribution >= 4 is 34.2 Å². The molecule has 0 unspecified atom stereocenters. The smallest absolute Gasteiger partial charge is 0.406 e. The Hall–Kier alpha value is -4.58. The van der Waals surface area contributed by atoms with Crippen molar-refractivity contribution in [1.82, 2.24) is 20.1 Å². The van der Waals surface area contributed by atoms with Crippen LogP contribution >= 0.6 is 11.8 Å². The molecule has 0 saturated carbocycles. The lowest BCUT2D eigenvalue weighted by Gasteiger charge is -2.32. The van der Waals surface area contributed by atoms with Gasteiger partial charge in [-0.15, -0.1) is 18.3 Å². The highest BCUT2D eigenvalue weighted by atomic mass is 32.2. The van der Waals surface area contributed by atoms with Gasteiger partial charge in [0, 0.05) is 29.2 Å². The van der Waals surface area contributed by atoms with Gasteiger partial charge < -0.3 is 15.0 Å². The Kier molecular flexibility index (Phi) is 9.40. The Labute approximate surface area is 275 Å². The first-order valence-electron chi connectivity index (χ1n) is 15.6. The number of aliphatic imine (C=N–C) groups is 1. The molecule has 8 nitrogen and oxygen atoms in total. The number of alkyl halides is 3. The average Bonchev–Trinajstić information content (AvgIpc) is 3.71. The lowest BCUT2D eigenvalue weighted by molar-refractivity contribution is -0.274. The number of ether oxygens (including phenoxy) is 1. The molecule has 0 atom stereocenters. The Morgan fingerprint density at radius 3 is 2.47 bits per heavy atom. The maximum absolute atomic E-state index is 13.3. The van der Waals surface area contributed by atoms with Crippen LogP contribution < -0.4 is 15.0 Å². The van der Waals surface area contributed by atoms with Crippen LogP contribution in [0.5, 0.6) is 5.75 Å². The number of hydrogen-bond acceptors (Lipinski definition) is 5. The van der Waals surface area contributed by atoms with Crippen LogP contribution in [0.15, 0.2) is 83.7 Å². The van der Waals surface area contributed by atoms with E-state index >= 15 is 0 Å². The molecule has 2 aliphatic rings. The topological polar surface area (TPSA) is 84.6 Å². The number of aryl methyl sites for hydroxylation is 1. The molecule has 3 aromatic carbocycles. The first kappa shape index (κ1) is 32.4. The Morgan fingerprint density at radius 2 is 1.74 bits per heavy atom. The van der Waals surface area contributed by atoms with E-state index in [-0.39, 0.29) is 11.8 Å². The van der Waals surface area contributed by atoms with Gasteiger partial charge in [-0.3, -0.25) is 0 Å². The van der Waals surface area contributed by atoms with Crippen molar-refractivity contribution in [2.45, 2.75) is 58.7 Å². The number of nitrogens with zero attached hydrogens (tertiary/aromatic N) is 5. The van der Waals surface area contributed by atoms with Crippen molar-refractivity contribution in [3.8, 4) is 22.8 Å². The van der Waals surface area contributed by atoms with Crippen LogP contribution in [0.25, 0.3) is 22.6 Å². The zero-order chi connectivity index (χ0) is 33.1. The number of hydrogen-bond donors (Lipinski definition) is 1. The molecule has 2 heterocycles. The number of carbonyl (C=O) groups excluding carboxylic acids is 1. The number of thioether (sulfide) groups is 1. The van der Waals surface area contributed by atoms with Crippen molar-refractivity contribution in [2.24, 2.45) is 4.99 Å². The number of rotatable bonds is 7. The van der Waals surface area contributed by atoms with Crippen molar-refractivity contribution in [3.05, 3.63) is 95.4 Å². The minimum Gasteiger partial charge on any atom is -0.406 e. The van der Waals surface area contributed by atoms with E-state index in [1.165, 1.54) is 46.4 Å². The number of amides is 2. The van der Waals surface area contributed by atoms with E-state index in [9.17, 15) is 18.0 Å². The summed E-state index contributed by atoms with van der Waals surface area (Å²) >= 11 is 1.62. The second-order valence-electron chi connectivity index (χ2n) is 11.8. The summed E-state index contributed by atoms with van der Waals surface area (Å²) in [7, 11) is 0. The summed E-state index contributed by atoms with van der Waals surface area (Å²) in [4.78, 5) is 24.4. The van der Waals surface area contributed by atoms with Gasteiger partial charge in [-0.1, -0.05) is 62.0 Å². The highest BCUT2D eigenvalue weighted by Crippen LogP contribution is 2.35. The third-order valence-electron chi connectivity index (χ3n) is 8.08. The summed E-state index contributed by atoms with van der Waals surface area (Å²) in [6.45, 7) is 7.27. The number of carbonyl (C=O) groups is 1. The molecule has 1 N–H and O–H groups in total. The van der Waals surface area contributed by atoms with E-state index in [1.807, 2.05) is 24.3 Å². The van der Waals surface area contributed by atoms with Gasteiger partial charge in [0.1, 0.15) is 12.1 Å². The molecule has 1 saturated heterocycles. The van der Waals surface area contributed by atoms with E-state index < -0.39 is 6.36 Å². The van der Waals surface area contributed by atoms with Crippen LogP contribution in [0.2, 0.25) is 0 Å². The molecule has 1 aliphatic heterocycles. The molecule has 244 valence electrons. The van der Waals surface area contributed by atoms with E-state index in [0.717, 1.165) is 71.2 Å². The number of nitrogens with one attached hydrogen (secondary N) is 1. The third kappa shape index (κ3) is 7.70. The molecule has 0 radical (unpaired) electrons. The number of allylic oxidation sites excluding steroid dienone is 2. The monoisotopic (exact) mass is 660 g/mol. The molecule has 0 spiro atoms. The quantitative estimate of drug-likeness (QED) is 0.213. The van der Waals surface area contributed by atoms with Crippen LogP contribution in [0.3, 0.4) is 0 Å². The summed E-state index contributed by atoms with van der Waals surface area (Å²) in [6, 6.07) is 19.4. The Morgan fingerprint density at radius 1 is 1.00 bits per heavy atom. The fourth-order valence-corrected chi connectivity index (χ4v) is 6.79. The van der Waals surface area contributed by atoms with E-state index in [4.69, 9.17) is 0 Å². The molecule has 6 rings (SSSR count). The van der Waals surface area contributed by atoms with Gasteiger partial charge in [-0.05, 0) is 91.1 Å². The van der Waals surface area contributed by atoms with Crippen LogP contribution in [0.1, 0.15) is 62.1 Å². The molecule has 1 aromatic heterocycles. The fourth-order valence-electron chi connectivity index (χ4n) is 5.84. The molecule has 1 fully saturated rings. The predicted octanol–water partition coefficient (Wildman–Crippen LogP) is 8.87. The summed E-state index contributed by atoms with van der Waals surface area (Å²) in [5.41, 5.74) is 7.84. The average molecular weight is 661 g/mol. The van der Waals surface area contributed by atoms with E-state index in [1.54, 1.807) is 11.8 Å². The molecule has 4 aromatic rings. The lowest BCUT2D eigenvalue weighted by atomic mass is 9.98. The molecule has 1 aliphatic carbocycles. The van der Waals surface area contributed by atoms with Crippen molar-refractivity contribution in [2.75, 3.05) is 17.2 Å². The minimum atomic E-state index is -4.75. The predicted molar refractivity (Wildman–Crippen MR) is 180 cm³/mol. The van der Waals surface area contributed by atoms with Gasteiger partial charge in [0.05, 0.1) is 5.69 Å². The van der Waals surface area contributed by atoms with Crippen molar-refractivity contribution < 1.29 is 22.7 Å². The summed E-state index contributed by atoms with van der Waals surface area (Å²) < 4.78 is 42.9. The Bertz CT molecular complexity index is 1810. The van der Waals surface area contributed by atoms with Crippen molar-refractivity contribution in [3.63, 3.8) is 0 Å². The van der Waals surface area contributed by atoms with Crippen molar-refractivity contribution in [1.29, 1.82) is 0 Å². The highest BCUT2D eigenvalue weighted by molar-refractivity contribution is 8.14. The maximum atomic E-state index is 13.3. The number of anilines is 1. The molecular formula is C35H35F3N6O2S. The second-order valence-corrected chi connectivity index (χ2v) is 12.9. The van der Waals surface area contributed by atoms with Crippen LogP contribution in [0.4, 0.5) is 23.7 Å². The maximum Gasteiger partial charge on any atom is 0.573 e. The number of benzene rings is 3. The van der Waals surface area contributed by atoms with Gasteiger partial charge in [0.2, 0.25) is 0 Å². The molecule has 2 amide bonds. The van der Waals surface area contributed by atoms with Crippen LogP contribution in [-0.2, 0) is 0 Å². The summed E-state index contributed by atoms with van der Waals surface area (Å²) in [6.07, 6.45) is 0.313.